The minimum atomic E-state index is 0.199. The summed E-state index contributed by atoms with van der Waals surface area (Å²) in [6.45, 7) is 2.09. The number of likely N-dealkylation sites (N-methyl/N-ethyl adjacent to an activating group) is 1. The molecule has 0 aliphatic carbocycles. The van der Waals surface area contributed by atoms with Crippen LogP contribution in [-0.4, -0.2) is 31.1 Å². The maximum Gasteiger partial charge on any atom is 0.0352 e. The Morgan fingerprint density at radius 1 is 1.71 bits per heavy atom. The van der Waals surface area contributed by atoms with Gasteiger partial charge in [0.05, 0.1) is 0 Å². The van der Waals surface area contributed by atoms with Crippen LogP contribution in [0.25, 0.3) is 0 Å². The maximum absolute atomic E-state index is 7.22. The van der Waals surface area contributed by atoms with Crippen LogP contribution in [0.15, 0.2) is 0 Å². The van der Waals surface area contributed by atoms with Crippen LogP contribution in [0.5, 0.6) is 0 Å². The molecule has 0 unspecified atom stereocenters. The van der Waals surface area contributed by atoms with E-state index in [9.17, 15) is 0 Å². The minimum absolute atomic E-state index is 0.199. The third kappa shape index (κ3) is 1.14. The molecule has 0 aromatic carbocycles. The second-order valence-corrected chi connectivity index (χ2v) is 2.25. The van der Waals surface area contributed by atoms with E-state index in [-0.39, 0.29) is 6.04 Å². The lowest BCUT2D eigenvalue weighted by Crippen LogP contribution is -2.16. The summed E-state index contributed by atoms with van der Waals surface area (Å²) in [6.07, 6.45) is 1.07. The maximum atomic E-state index is 7.22. The van der Waals surface area contributed by atoms with Crippen molar-refractivity contribution in [3.63, 3.8) is 0 Å². The Balaban J connectivity index is 2.26. The molecule has 7 heavy (non-hydrogen) atoms. The Hall–Kier alpha value is -0.0800. The van der Waals surface area contributed by atoms with Gasteiger partial charge in [-0.25, -0.2) is 0 Å². The van der Waals surface area contributed by atoms with Crippen molar-refractivity contribution in [3.8, 4) is 0 Å². The number of hydrogen-bond donors (Lipinski definition) is 0. The number of likely N-dealkylation sites (tertiary alicyclic amines) is 1. The SMILES string of the molecule is CN1CC[C@H]([NH])C1. The fourth-order valence-corrected chi connectivity index (χ4v) is 0.935. The fourth-order valence-electron chi connectivity index (χ4n) is 0.935. The zero-order chi connectivity index (χ0) is 5.28. The van der Waals surface area contributed by atoms with E-state index in [1.54, 1.807) is 0 Å². The first kappa shape index (κ1) is 5.06. The highest BCUT2D eigenvalue weighted by Gasteiger charge is 2.14. The van der Waals surface area contributed by atoms with E-state index in [4.69, 9.17) is 5.73 Å². The van der Waals surface area contributed by atoms with Gasteiger partial charge in [0.1, 0.15) is 0 Å². The topological polar surface area (TPSA) is 27.0 Å². The predicted molar refractivity (Wildman–Crippen MR) is 29.0 cm³/mol. The minimum Gasteiger partial charge on any atom is -0.305 e. The average Bonchev–Trinajstić information content (AvgIpc) is 1.87. The van der Waals surface area contributed by atoms with E-state index in [1.165, 1.54) is 0 Å². The monoisotopic (exact) mass is 99.1 g/mol. The molecule has 0 aromatic heterocycles. The smallest absolute Gasteiger partial charge is 0.0352 e. The Morgan fingerprint density at radius 3 is 2.57 bits per heavy atom. The molecule has 1 N–H and O–H groups in total. The standard InChI is InChI=1S/C5H11N2/c1-7-3-2-5(6)4-7/h5-6H,2-4H2,1H3/t5-/m0/s1. The highest BCUT2D eigenvalue weighted by Crippen LogP contribution is 2.03. The quantitative estimate of drug-likeness (QED) is 0.419. The number of rotatable bonds is 0. The van der Waals surface area contributed by atoms with Crippen molar-refractivity contribution in [2.75, 3.05) is 20.1 Å². The zero-order valence-electron chi connectivity index (χ0n) is 4.65. The summed E-state index contributed by atoms with van der Waals surface area (Å²) in [5.74, 6) is 0. The van der Waals surface area contributed by atoms with E-state index in [2.05, 4.69) is 11.9 Å². The molecule has 1 heterocycles. The van der Waals surface area contributed by atoms with E-state index in [0.29, 0.717) is 0 Å². The lowest BCUT2D eigenvalue weighted by Gasteiger charge is -2.02. The van der Waals surface area contributed by atoms with Gasteiger partial charge in [0, 0.05) is 12.6 Å². The summed E-state index contributed by atoms with van der Waals surface area (Å²) < 4.78 is 0. The van der Waals surface area contributed by atoms with E-state index in [1.807, 2.05) is 0 Å². The molecule has 0 amide bonds. The molecule has 0 bridgehead atoms. The van der Waals surface area contributed by atoms with Crippen LogP contribution in [-0.2, 0) is 0 Å². The molecular formula is C5H11N2. The van der Waals surface area contributed by atoms with Crippen molar-refractivity contribution < 1.29 is 0 Å². The summed E-state index contributed by atoms with van der Waals surface area (Å²) in [5.41, 5.74) is 7.22. The molecule has 2 heteroatoms. The van der Waals surface area contributed by atoms with Crippen molar-refractivity contribution in [1.29, 1.82) is 0 Å². The molecule has 1 atom stereocenters. The van der Waals surface area contributed by atoms with Crippen molar-refractivity contribution >= 4 is 0 Å². The molecule has 41 valence electrons. The molecule has 0 aromatic rings. The van der Waals surface area contributed by atoms with E-state index < -0.39 is 0 Å². The van der Waals surface area contributed by atoms with Crippen LogP contribution in [0.3, 0.4) is 0 Å². The van der Waals surface area contributed by atoms with Gasteiger partial charge in [0.15, 0.2) is 0 Å². The summed E-state index contributed by atoms with van der Waals surface area (Å²) in [4.78, 5) is 2.19. The molecule has 0 spiro atoms. The van der Waals surface area contributed by atoms with Crippen molar-refractivity contribution in [1.82, 2.24) is 10.6 Å². The van der Waals surface area contributed by atoms with Crippen molar-refractivity contribution in [2.45, 2.75) is 12.5 Å². The lowest BCUT2D eigenvalue weighted by molar-refractivity contribution is 0.410. The fraction of sp³-hybridized carbons (Fsp3) is 1.00. The molecule has 1 fully saturated rings. The third-order valence-corrected chi connectivity index (χ3v) is 1.39. The van der Waals surface area contributed by atoms with Gasteiger partial charge < -0.3 is 4.90 Å². The van der Waals surface area contributed by atoms with Crippen LogP contribution >= 0.6 is 0 Å². The summed E-state index contributed by atoms with van der Waals surface area (Å²) in [7, 11) is 2.06. The second-order valence-electron chi connectivity index (χ2n) is 2.25. The molecular weight excluding hydrogens is 88.1 g/mol. The predicted octanol–water partition coefficient (Wildman–Crippen LogP) is -0.0266. The first-order chi connectivity index (χ1) is 3.29. The van der Waals surface area contributed by atoms with Gasteiger partial charge in [-0.15, -0.1) is 0 Å². The van der Waals surface area contributed by atoms with Crippen molar-refractivity contribution in [3.05, 3.63) is 0 Å². The third-order valence-electron chi connectivity index (χ3n) is 1.39. The molecule has 1 aliphatic rings. The van der Waals surface area contributed by atoms with Crippen LogP contribution in [0.2, 0.25) is 0 Å². The van der Waals surface area contributed by atoms with Crippen LogP contribution in [0.1, 0.15) is 6.42 Å². The van der Waals surface area contributed by atoms with Gasteiger partial charge in [-0.3, -0.25) is 5.73 Å². The van der Waals surface area contributed by atoms with Gasteiger partial charge in [-0.1, -0.05) is 0 Å². The molecule has 1 saturated heterocycles. The number of nitrogens with one attached hydrogen (secondary N) is 1. The highest BCUT2D eigenvalue weighted by molar-refractivity contribution is 4.73. The molecule has 1 aliphatic heterocycles. The summed E-state index contributed by atoms with van der Waals surface area (Å²) in [6, 6.07) is 0.199. The normalized spacial score (nSPS) is 34.3. The molecule has 0 saturated carbocycles. The van der Waals surface area contributed by atoms with Crippen molar-refractivity contribution in [2.24, 2.45) is 0 Å². The Morgan fingerprint density at radius 2 is 2.43 bits per heavy atom. The Kier molecular flexibility index (Phi) is 1.30. The van der Waals surface area contributed by atoms with Gasteiger partial charge in [0.25, 0.3) is 0 Å². The number of hydrogen-bond acceptors (Lipinski definition) is 1. The lowest BCUT2D eigenvalue weighted by atomic mass is 10.3. The molecule has 2 nitrogen and oxygen atoms in total. The van der Waals surface area contributed by atoms with E-state index in [0.717, 1.165) is 19.5 Å². The van der Waals surface area contributed by atoms with Gasteiger partial charge >= 0.3 is 0 Å². The van der Waals surface area contributed by atoms with Crippen LogP contribution in [0.4, 0.5) is 0 Å². The van der Waals surface area contributed by atoms with Crippen LogP contribution < -0.4 is 5.73 Å². The van der Waals surface area contributed by atoms with Gasteiger partial charge in [0.2, 0.25) is 0 Å². The molecule has 1 rings (SSSR count). The largest absolute Gasteiger partial charge is 0.305 e. The Bertz CT molecular complexity index is 55.1. The first-order valence-corrected chi connectivity index (χ1v) is 2.68. The summed E-state index contributed by atoms with van der Waals surface area (Å²) in [5, 5.41) is 0. The summed E-state index contributed by atoms with van der Waals surface area (Å²) >= 11 is 0. The first-order valence-electron chi connectivity index (χ1n) is 2.68. The second kappa shape index (κ2) is 1.80. The van der Waals surface area contributed by atoms with Crippen LogP contribution in [0, 0.1) is 0 Å². The molecule has 1 radical (unpaired) electrons. The van der Waals surface area contributed by atoms with E-state index >= 15 is 0 Å². The zero-order valence-corrected chi connectivity index (χ0v) is 4.65. The Labute approximate surface area is 44.3 Å². The van der Waals surface area contributed by atoms with Gasteiger partial charge in [-0.2, -0.15) is 0 Å². The highest BCUT2D eigenvalue weighted by atomic mass is 15.1. The average molecular weight is 99.2 g/mol. The number of nitrogens with zero attached hydrogens (tertiary/aromatic N) is 1. The van der Waals surface area contributed by atoms with Gasteiger partial charge in [-0.05, 0) is 20.0 Å².